The molecule has 25 heavy (non-hydrogen) atoms. The molecule has 0 aliphatic heterocycles. The number of benzene rings is 1. The van der Waals surface area contributed by atoms with Crippen molar-refractivity contribution in [3.8, 4) is 5.88 Å². The van der Waals surface area contributed by atoms with Gasteiger partial charge in [-0.1, -0.05) is 17.7 Å². The van der Waals surface area contributed by atoms with Crippen LogP contribution in [0.4, 0.5) is 11.4 Å². The topological polar surface area (TPSA) is 68.3 Å². The lowest BCUT2D eigenvalue weighted by atomic mass is 9.67. The molecule has 0 saturated heterocycles. The summed E-state index contributed by atoms with van der Waals surface area (Å²) in [5.74, 6) is 0.959. The molecule has 0 atom stereocenters. The Hall–Kier alpha value is -1.79. The predicted octanol–water partition coefficient (Wildman–Crippen LogP) is 4.57. The highest BCUT2D eigenvalue weighted by atomic mass is 35.5. The molecule has 2 aromatic rings. The van der Waals surface area contributed by atoms with Gasteiger partial charge in [0.1, 0.15) is 0 Å². The van der Waals surface area contributed by atoms with E-state index in [9.17, 15) is 8.42 Å². The number of nitrogens with one attached hydrogen (secondary N) is 1. The van der Waals surface area contributed by atoms with Crippen molar-refractivity contribution in [1.82, 2.24) is 4.98 Å². The Balaban J connectivity index is 1.80. The third-order valence-corrected chi connectivity index (χ3v) is 5.69. The van der Waals surface area contributed by atoms with E-state index in [1.54, 1.807) is 6.20 Å². The Kier molecular flexibility index (Phi) is 4.12. The minimum absolute atomic E-state index is 0.239. The molecular formula is C18H19ClN2O3S. The van der Waals surface area contributed by atoms with Crippen molar-refractivity contribution in [2.75, 3.05) is 11.6 Å². The van der Waals surface area contributed by atoms with Crippen molar-refractivity contribution >= 4 is 33.1 Å². The van der Waals surface area contributed by atoms with Gasteiger partial charge in [-0.05, 0) is 61.3 Å². The lowest BCUT2D eigenvalue weighted by Crippen LogP contribution is -2.25. The molecular weight excluding hydrogens is 360 g/mol. The molecule has 1 aromatic heterocycles. The standard InChI is InChI=1S/C18H19ClN2O3S/c1-25(22,23)24-18-17-12-7-5-11(6-8-12)16(17)15(10-20-18)21-14-4-2-3-13(19)9-14/h2-4,9-12,21H,5-8H2,1H3. The highest BCUT2D eigenvalue weighted by Crippen LogP contribution is 2.54. The number of nitrogens with zero attached hydrogens (tertiary/aromatic N) is 1. The predicted molar refractivity (Wildman–Crippen MR) is 98.4 cm³/mol. The number of fused-ring (bicyclic) bond motifs is 2. The van der Waals surface area contributed by atoms with Crippen LogP contribution in [0.25, 0.3) is 0 Å². The zero-order valence-corrected chi connectivity index (χ0v) is 15.4. The van der Waals surface area contributed by atoms with E-state index in [1.165, 1.54) is 0 Å². The summed E-state index contributed by atoms with van der Waals surface area (Å²) in [6.45, 7) is 0. The minimum Gasteiger partial charge on any atom is -0.361 e. The van der Waals surface area contributed by atoms with Crippen molar-refractivity contribution < 1.29 is 12.6 Å². The van der Waals surface area contributed by atoms with E-state index >= 15 is 0 Å². The molecule has 5 nitrogen and oxygen atoms in total. The Morgan fingerprint density at radius 3 is 2.48 bits per heavy atom. The first kappa shape index (κ1) is 16.7. The van der Waals surface area contributed by atoms with E-state index in [-0.39, 0.29) is 5.88 Å². The average Bonchev–Trinajstić information content (AvgIpc) is 2.56. The summed E-state index contributed by atoms with van der Waals surface area (Å²) in [6, 6.07) is 7.51. The summed E-state index contributed by atoms with van der Waals surface area (Å²) in [6.07, 6.45) is 7.07. The molecule has 3 aliphatic rings. The van der Waals surface area contributed by atoms with Crippen LogP contribution in [-0.4, -0.2) is 19.7 Å². The summed E-state index contributed by atoms with van der Waals surface area (Å²) < 4.78 is 28.4. The third-order valence-electron chi connectivity index (χ3n) is 5.00. The maximum absolute atomic E-state index is 11.6. The smallest absolute Gasteiger partial charge is 0.307 e. The normalized spacial score (nSPS) is 21.7. The molecule has 3 aliphatic carbocycles. The molecule has 0 amide bonds. The molecule has 1 aromatic carbocycles. The van der Waals surface area contributed by atoms with E-state index < -0.39 is 10.1 Å². The molecule has 0 spiro atoms. The van der Waals surface area contributed by atoms with Crippen molar-refractivity contribution in [2.45, 2.75) is 37.5 Å². The fourth-order valence-corrected chi connectivity index (χ4v) is 4.67. The van der Waals surface area contributed by atoms with E-state index in [2.05, 4.69) is 10.3 Å². The first-order valence-electron chi connectivity index (χ1n) is 8.35. The van der Waals surface area contributed by atoms with Gasteiger partial charge in [-0.2, -0.15) is 8.42 Å². The summed E-state index contributed by atoms with van der Waals surface area (Å²) in [4.78, 5) is 4.32. The second kappa shape index (κ2) is 6.18. The van der Waals surface area contributed by atoms with Gasteiger partial charge in [0.2, 0.25) is 5.88 Å². The van der Waals surface area contributed by atoms with Crippen LogP contribution in [0.5, 0.6) is 5.88 Å². The molecule has 1 saturated carbocycles. The monoisotopic (exact) mass is 378 g/mol. The van der Waals surface area contributed by atoms with Crippen molar-refractivity contribution in [3.05, 3.63) is 46.6 Å². The fraction of sp³-hybridized carbons (Fsp3) is 0.389. The van der Waals surface area contributed by atoms with Crippen LogP contribution in [0, 0.1) is 0 Å². The van der Waals surface area contributed by atoms with Gasteiger partial charge in [0, 0.05) is 16.3 Å². The van der Waals surface area contributed by atoms with Gasteiger partial charge in [0.15, 0.2) is 0 Å². The van der Waals surface area contributed by atoms with Gasteiger partial charge in [0.05, 0.1) is 18.1 Å². The lowest BCUT2D eigenvalue weighted by molar-refractivity contribution is 0.348. The minimum atomic E-state index is -3.61. The Bertz CT molecular complexity index is 922. The second-order valence-corrected chi connectivity index (χ2v) is 8.79. The van der Waals surface area contributed by atoms with Crippen LogP contribution in [0.2, 0.25) is 5.02 Å². The Morgan fingerprint density at radius 1 is 1.16 bits per heavy atom. The highest BCUT2D eigenvalue weighted by molar-refractivity contribution is 7.86. The highest BCUT2D eigenvalue weighted by Gasteiger charge is 2.38. The molecule has 1 heterocycles. The molecule has 1 fully saturated rings. The first-order chi connectivity index (χ1) is 11.9. The van der Waals surface area contributed by atoms with E-state index in [1.807, 2.05) is 24.3 Å². The van der Waals surface area contributed by atoms with Crippen LogP contribution in [0.1, 0.15) is 48.6 Å². The number of anilines is 2. The summed E-state index contributed by atoms with van der Waals surface area (Å²) in [5.41, 5.74) is 3.90. The zero-order valence-electron chi connectivity index (χ0n) is 13.8. The molecule has 132 valence electrons. The number of rotatable bonds is 4. The van der Waals surface area contributed by atoms with Gasteiger partial charge < -0.3 is 9.50 Å². The van der Waals surface area contributed by atoms with Crippen molar-refractivity contribution in [3.63, 3.8) is 0 Å². The van der Waals surface area contributed by atoms with E-state index in [0.29, 0.717) is 16.9 Å². The summed E-state index contributed by atoms with van der Waals surface area (Å²) in [7, 11) is -3.61. The number of halogens is 1. The molecule has 2 bridgehead atoms. The molecule has 5 rings (SSSR count). The van der Waals surface area contributed by atoms with Crippen molar-refractivity contribution in [1.29, 1.82) is 0 Å². The van der Waals surface area contributed by atoms with Crippen LogP contribution in [-0.2, 0) is 10.1 Å². The Labute approximate surface area is 152 Å². The number of pyridine rings is 1. The zero-order chi connectivity index (χ0) is 17.6. The molecule has 0 radical (unpaired) electrons. The summed E-state index contributed by atoms with van der Waals surface area (Å²) >= 11 is 6.07. The van der Waals surface area contributed by atoms with Crippen LogP contribution < -0.4 is 9.50 Å². The largest absolute Gasteiger partial charge is 0.361 e. The number of hydrogen-bond acceptors (Lipinski definition) is 5. The number of aromatic nitrogens is 1. The van der Waals surface area contributed by atoms with Crippen LogP contribution in [0.15, 0.2) is 30.5 Å². The first-order valence-corrected chi connectivity index (χ1v) is 10.5. The van der Waals surface area contributed by atoms with Gasteiger partial charge in [-0.3, -0.25) is 0 Å². The SMILES string of the molecule is CS(=O)(=O)Oc1ncc(Nc2cccc(Cl)c2)c2c1C1CCC2CC1. The van der Waals surface area contributed by atoms with E-state index in [0.717, 1.165) is 54.4 Å². The molecule has 1 N–H and O–H groups in total. The maximum atomic E-state index is 11.6. The second-order valence-electron chi connectivity index (χ2n) is 6.78. The van der Waals surface area contributed by atoms with Gasteiger partial charge in [0.25, 0.3) is 0 Å². The average molecular weight is 379 g/mol. The third kappa shape index (κ3) is 3.33. The number of hydrogen-bond donors (Lipinski definition) is 1. The van der Waals surface area contributed by atoms with Crippen LogP contribution in [0.3, 0.4) is 0 Å². The van der Waals surface area contributed by atoms with E-state index in [4.69, 9.17) is 15.8 Å². The summed E-state index contributed by atoms with van der Waals surface area (Å²) in [5, 5.41) is 4.05. The van der Waals surface area contributed by atoms with Gasteiger partial charge in [-0.15, -0.1) is 0 Å². The van der Waals surface area contributed by atoms with Gasteiger partial charge in [-0.25, -0.2) is 4.98 Å². The van der Waals surface area contributed by atoms with Crippen LogP contribution >= 0.6 is 11.6 Å². The lowest BCUT2D eigenvalue weighted by Gasteiger charge is -2.39. The Morgan fingerprint density at radius 2 is 1.84 bits per heavy atom. The quantitative estimate of drug-likeness (QED) is 0.789. The molecule has 0 unspecified atom stereocenters. The van der Waals surface area contributed by atoms with Gasteiger partial charge >= 0.3 is 10.1 Å². The maximum Gasteiger partial charge on any atom is 0.307 e. The molecule has 7 heteroatoms. The van der Waals surface area contributed by atoms with Crippen molar-refractivity contribution in [2.24, 2.45) is 0 Å². The fourth-order valence-electron chi connectivity index (χ4n) is 4.06.